The van der Waals surface area contributed by atoms with Crippen LogP contribution >= 0.6 is 11.6 Å². The van der Waals surface area contributed by atoms with Gasteiger partial charge in [-0.25, -0.2) is 4.98 Å². The molecule has 1 aliphatic rings. The van der Waals surface area contributed by atoms with Crippen LogP contribution in [0.5, 0.6) is 0 Å². The highest BCUT2D eigenvalue weighted by atomic mass is 35.5. The van der Waals surface area contributed by atoms with Crippen LogP contribution in [0.3, 0.4) is 0 Å². The van der Waals surface area contributed by atoms with Crippen LogP contribution in [0.2, 0.25) is 5.02 Å². The highest BCUT2D eigenvalue weighted by Crippen LogP contribution is 2.18. The molecule has 2 heterocycles. The maximum Gasteiger partial charge on any atom is 0.261 e. The minimum Gasteiger partial charge on any atom is -0.337 e. The maximum absolute atomic E-state index is 12.9. The Morgan fingerprint density at radius 3 is 2.79 bits per heavy atom. The quantitative estimate of drug-likeness (QED) is 0.642. The van der Waals surface area contributed by atoms with Crippen molar-refractivity contribution in [1.29, 1.82) is 0 Å². The summed E-state index contributed by atoms with van der Waals surface area (Å²) in [5.74, 6) is 0.722. The van der Waals surface area contributed by atoms with Gasteiger partial charge in [-0.1, -0.05) is 36.6 Å². The van der Waals surface area contributed by atoms with E-state index in [4.69, 9.17) is 16.6 Å². The van der Waals surface area contributed by atoms with Gasteiger partial charge in [0.25, 0.3) is 11.5 Å². The van der Waals surface area contributed by atoms with Crippen molar-refractivity contribution in [3.8, 4) is 0 Å². The van der Waals surface area contributed by atoms with Crippen LogP contribution in [0.1, 0.15) is 47.4 Å². The third-order valence-electron chi connectivity index (χ3n) is 5.47. The predicted octanol–water partition coefficient (Wildman–Crippen LogP) is 4.44. The third kappa shape index (κ3) is 4.20. The van der Waals surface area contributed by atoms with Crippen molar-refractivity contribution in [3.05, 3.63) is 74.8 Å². The molecule has 0 N–H and O–H groups in total. The van der Waals surface area contributed by atoms with E-state index >= 15 is 0 Å². The van der Waals surface area contributed by atoms with Crippen molar-refractivity contribution >= 4 is 28.4 Å². The number of hydrogen-bond acceptors (Lipinski definition) is 3. The second-order valence-corrected chi connectivity index (χ2v) is 8.11. The Bertz CT molecular complexity index is 1120. The molecule has 0 aliphatic carbocycles. The van der Waals surface area contributed by atoms with Crippen LogP contribution in [0.4, 0.5) is 0 Å². The van der Waals surface area contributed by atoms with Crippen molar-refractivity contribution < 1.29 is 4.79 Å². The molecule has 4 rings (SSSR count). The van der Waals surface area contributed by atoms with Crippen LogP contribution in [0.15, 0.2) is 47.3 Å². The highest BCUT2D eigenvalue weighted by Gasteiger charge is 2.17. The maximum atomic E-state index is 12.9. The number of aryl methyl sites for hydroxylation is 1. The van der Waals surface area contributed by atoms with E-state index in [2.05, 4.69) is 0 Å². The number of carbonyl (C=O) groups is 1. The molecule has 1 aliphatic heterocycles. The number of hydrogen-bond donors (Lipinski definition) is 0. The van der Waals surface area contributed by atoms with Crippen LogP contribution in [0.25, 0.3) is 10.9 Å². The molecule has 0 unspecified atom stereocenters. The molecule has 2 aromatic carbocycles. The average molecular weight is 410 g/mol. The normalized spacial score (nSPS) is 14.1. The Balaban J connectivity index is 1.65. The van der Waals surface area contributed by atoms with Crippen LogP contribution in [-0.2, 0) is 19.5 Å². The van der Waals surface area contributed by atoms with Crippen molar-refractivity contribution in [2.24, 2.45) is 0 Å². The molecule has 0 atom stereocenters. The molecule has 29 heavy (non-hydrogen) atoms. The SMILES string of the molecule is CN(Cc1cccc(Cl)c1)C(=O)c1ccc2c(=O)n3c(nc2c1)CCCCCC3. The summed E-state index contributed by atoms with van der Waals surface area (Å²) in [4.78, 5) is 32.3. The van der Waals surface area contributed by atoms with Crippen molar-refractivity contribution in [1.82, 2.24) is 14.5 Å². The van der Waals surface area contributed by atoms with E-state index in [1.54, 1.807) is 30.1 Å². The first kappa shape index (κ1) is 19.6. The van der Waals surface area contributed by atoms with Crippen molar-refractivity contribution in [2.45, 2.75) is 45.2 Å². The molecule has 150 valence electrons. The van der Waals surface area contributed by atoms with Crippen molar-refractivity contribution in [3.63, 3.8) is 0 Å². The van der Waals surface area contributed by atoms with Gasteiger partial charge in [-0.05, 0) is 48.7 Å². The van der Waals surface area contributed by atoms with Crippen molar-refractivity contribution in [2.75, 3.05) is 7.05 Å². The molecular formula is C23H24ClN3O2. The molecule has 3 aromatic rings. The molecule has 0 spiro atoms. The molecule has 0 saturated heterocycles. The number of carbonyl (C=O) groups excluding carboxylic acids is 1. The third-order valence-corrected chi connectivity index (χ3v) is 5.70. The van der Waals surface area contributed by atoms with E-state index in [0.29, 0.717) is 28.0 Å². The molecule has 0 radical (unpaired) electrons. The van der Waals surface area contributed by atoms with Gasteiger partial charge in [-0.15, -0.1) is 0 Å². The summed E-state index contributed by atoms with van der Waals surface area (Å²) in [6.45, 7) is 1.18. The minimum absolute atomic E-state index is 0.00168. The van der Waals surface area contributed by atoms with Crippen LogP contribution in [-0.4, -0.2) is 27.4 Å². The molecule has 1 aromatic heterocycles. The summed E-state index contributed by atoms with van der Waals surface area (Å²) in [7, 11) is 1.76. The zero-order valence-corrected chi connectivity index (χ0v) is 17.3. The lowest BCUT2D eigenvalue weighted by atomic mass is 10.1. The summed E-state index contributed by atoms with van der Waals surface area (Å²) >= 11 is 6.04. The monoisotopic (exact) mass is 409 g/mol. The summed E-state index contributed by atoms with van der Waals surface area (Å²) in [5, 5.41) is 1.22. The second-order valence-electron chi connectivity index (χ2n) is 7.67. The zero-order chi connectivity index (χ0) is 20.4. The Labute approximate surface area is 174 Å². The topological polar surface area (TPSA) is 55.2 Å². The van der Waals surface area contributed by atoms with Gasteiger partial charge >= 0.3 is 0 Å². The molecule has 1 amide bonds. The van der Waals surface area contributed by atoms with Gasteiger partial charge in [0.15, 0.2) is 0 Å². The molecule has 5 nitrogen and oxygen atoms in total. The number of halogens is 1. The summed E-state index contributed by atoms with van der Waals surface area (Å²) in [5.41, 5.74) is 2.10. The first-order valence-electron chi connectivity index (χ1n) is 10.1. The molecule has 6 heteroatoms. The first-order valence-corrected chi connectivity index (χ1v) is 10.4. The zero-order valence-electron chi connectivity index (χ0n) is 16.5. The van der Waals surface area contributed by atoms with Crippen LogP contribution < -0.4 is 5.56 Å². The fourth-order valence-corrected chi connectivity index (χ4v) is 4.14. The minimum atomic E-state index is -0.111. The van der Waals surface area contributed by atoms with Gasteiger partial charge in [-0.2, -0.15) is 0 Å². The standard InChI is InChI=1S/C23H24ClN3O2/c1-26(15-16-7-6-8-18(24)13-16)22(28)17-10-11-19-20(14-17)25-21-9-4-2-3-5-12-27(21)23(19)29/h6-8,10-11,13-14H,2-5,9,12,15H2,1H3. The van der Waals surface area contributed by atoms with Gasteiger partial charge in [0.1, 0.15) is 5.82 Å². The lowest BCUT2D eigenvalue weighted by Gasteiger charge is -2.19. The Hall–Kier alpha value is -2.66. The number of aromatic nitrogens is 2. The predicted molar refractivity (Wildman–Crippen MR) is 115 cm³/mol. The van der Waals surface area contributed by atoms with Gasteiger partial charge in [0.2, 0.25) is 0 Å². The molecule has 0 saturated carbocycles. The number of rotatable bonds is 3. The Morgan fingerprint density at radius 2 is 1.97 bits per heavy atom. The fourth-order valence-electron chi connectivity index (χ4n) is 3.93. The lowest BCUT2D eigenvalue weighted by Crippen LogP contribution is -2.28. The van der Waals surface area contributed by atoms with Crippen LogP contribution in [0, 0.1) is 0 Å². The van der Waals surface area contributed by atoms with E-state index in [-0.39, 0.29) is 11.5 Å². The number of nitrogens with zero attached hydrogens (tertiary/aromatic N) is 3. The van der Waals surface area contributed by atoms with Gasteiger partial charge in [-0.3, -0.25) is 14.2 Å². The Morgan fingerprint density at radius 1 is 1.14 bits per heavy atom. The lowest BCUT2D eigenvalue weighted by molar-refractivity contribution is 0.0785. The first-order chi connectivity index (χ1) is 14.0. The van der Waals surface area contributed by atoms with Gasteiger partial charge in [0.05, 0.1) is 10.9 Å². The summed E-state index contributed by atoms with van der Waals surface area (Å²) in [6.07, 6.45) is 5.17. The summed E-state index contributed by atoms with van der Waals surface area (Å²) in [6, 6.07) is 12.7. The largest absolute Gasteiger partial charge is 0.337 e. The Kier molecular flexibility index (Phi) is 5.67. The highest BCUT2D eigenvalue weighted by molar-refractivity contribution is 6.30. The number of fused-ring (bicyclic) bond motifs is 2. The van der Waals surface area contributed by atoms with Gasteiger partial charge in [0, 0.05) is 37.1 Å². The number of amides is 1. The van der Waals surface area contributed by atoms with E-state index in [1.807, 2.05) is 28.8 Å². The van der Waals surface area contributed by atoms with E-state index < -0.39 is 0 Å². The summed E-state index contributed by atoms with van der Waals surface area (Å²) < 4.78 is 1.81. The molecule has 0 bridgehead atoms. The van der Waals surface area contributed by atoms with E-state index in [0.717, 1.165) is 43.6 Å². The second kappa shape index (κ2) is 8.37. The molecular weight excluding hydrogens is 386 g/mol. The number of benzene rings is 2. The van der Waals surface area contributed by atoms with Gasteiger partial charge < -0.3 is 4.90 Å². The fraction of sp³-hybridized carbons (Fsp3) is 0.348. The van der Waals surface area contributed by atoms with E-state index in [1.165, 1.54) is 6.42 Å². The average Bonchev–Trinajstić information content (AvgIpc) is 2.68. The van der Waals surface area contributed by atoms with E-state index in [9.17, 15) is 9.59 Å². The molecule has 0 fully saturated rings. The smallest absolute Gasteiger partial charge is 0.261 e.